The normalized spacial score (nSPS) is 25.4. The van der Waals surface area contributed by atoms with Crippen LogP contribution in [0.4, 0.5) is 0 Å². The number of fused-ring (bicyclic) bond motifs is 1. The van der Waals surface area contributed by atoms with Gasteiger partial charge in [0.15, 0.2) is 0 Å². The lowest BCUT2D eigenvalue weighted by Gasteiger charge is -2.40. The molecule has 0 aromatic heterocycles. The summed E-state index contributed by atoms with van der Waals surface area (Å²) in [6.45, 7) is 2.52. The molecule has 2 aromatic rings. The molecule has 3 nitrogen and oxygen atoms in total. The van der Waals surface area contributed by atoms with Gasteiger partial charge in [-0.1, -0.05) is 28.1 Å². The molecule has 1 aliphatic carbocycles. The lowest BCUT2D eigenvalue weighted by Crippen LogP contribution is -2.55. The maximum atomic E-state index is 9.68. The van der Waals surface area contributed by atoms with Gasteiger partial charge in [-0.25, -0.2) is 0 Å². The number of aliphatic hydroxyl groups excluding tert-OH is 1. The molecule has 3 unspecified atom stereocenters. The molecule has 4 heteroatoms. The Labute approximate surface area is 126 Å². The molecule has 0 aliphatic heterocycles. The van der Waals surface area contributed by atoms with Crippen LogP contribution in [0.15, 0.2) is 40.9 Å². The van der Waals surface area contributed by atoms with E-state index in [1.807, 2.05) is 31.2 Å². The fourth-order valence-corrected chi connectivity index (χ4v) is 2.91. The van der Waals surface area contributed by atoms with E-state index < -0.39 is 6.10 Å². The summed E-state index contributed by atoms with van der Waals surface area (Å²) in [7, 11) is 0. The van der Waals surface area contributed by atoms with Crippen molar-refractivity contribution in [2.24, 2.45) is 0 Å². The SMILES string of the molecule is CCOC1C(O)CC1Oc1ccc2cc(Br)ccc2c1. The van der Waals surface area contributed by atoms with E-state index in [1.54, 1.807) is 0 Å². The van der Waals surface area contributed by atoms with Gasteiger partial charge in [0.05, 0.1) is 6.10 Å². The Morgan fingerprint density at radius 1 is 1.20 bits per heavy atom. The molecule has 2 aromatic carbocycles. The van der Waals surface area contributed by atoms with Crippen LogP contribution in [0.5, 0.6) is 5.75 Å². The Balaban J connectivity index is 1.76. The smallest absolute Gasteiger partial charge is 0.130 e. The summed E-state index contributed by atoms with van der Waals surface area (Å²) in [6.07, 6.45) is -0.0434. The van der Waals surface area contributed by atoms with E-state index in [9.17, 15) is 5.11 Å². The Morgan fingerprint density at radius 2 is 1.95 bits per heavy atom. The second kappa shape index (κ2) is 5.72. The van der Waals surface area contributed by atoms with Crippen LogP contribution in [-0.2, 0) is 4.74 Å². The Morgan fingerprint density at radius 3 is 2.70 bits per heavy atom. The van der Waals surface area contributed by atoms with E-state index in [4.69, 9.17) is 9.47 Å². The van der Waals surface area contributed by atoms with Crippen LogP contribution in [0, 0.1) is 0 Å². The average Bonchev–Trinajstić information content (AvgIpc) is 2.44. The van der Waals surface area contributed by atoms with Crippen molar-refractivity contribution in [3.05, 3.63) is 40.9 Å². The zero-order valence-corrected chi connectivity index (χ0v) is 12.8. The van der Waals surface area contributed by atoms with E-state index in [1.165, 1.54) is 5.39 Å². The summed E-state index contributed by atoms with van der Waals surface area (Å²) in [4.78, 5) is 0. The second-order valence-electron chi connectivity index (χ2n) is 5.03. The van der Waals surface area contributed by atoms with Crippen LogP contribution in [0.2, 0.25) is 0 Å². The third-order valence-corrected chi connectivity index (χ3v) is 4.13. The fourth-order valence-electron chi connectivity index (χ4n) is 2.53. The largest absolute Gasteiger partial charge is 0.487 e. The van der Waals surface area contributed by atoms with Crippen molar-refractivity contribution in [3.63, 3.8) is 0 Å². The summed E-state index contributed by atoms with van der Waals surface area (Å²) in [5.74, 6) is 0.821. The molecule has 1 fully saturated rings. The first-order valence-electron chi connectivity index (χ1n) is 6.83. The molecule has 1 aliphatic rings. The monoisotopic (exact) mass is 336 g/mol. The van der Waals surface area contributed by atoms with Gasteiger partial charge < -0.3 is 14.6 Å². The molecule has 0 spiro atoms. The number of hydrogen-bond donors (Lipinski definition) is 1. The van der Waals surface area contributed by atoms with Gasteiger partial charge in [0.25, 0.3) is 0 Å². The van der Waals surface area contributed by atoms with Crippen molar-refractivity contribution < 1.29 is 14.6 Å². The Kier molecular flexibility index (Phi) is 3.96. The van der Waals surface area contributed by atoms with Gasteiger partial charge in [0.1, 0.15) is 18.0 Å². The topological polar surface area (TPSA) is 38.7 Å². The average molecular weight is 337 g/mol. The molecule has 0 amide bonds. The number of aliphatic hydroxyl groups is 1. The molecule has 1 N–H and O–H groups in total. The van der Waals surface area contributed by atoms with Gasteiger partial charge in [0.2, 0.25) is 0 Å². The lowest BCUT2D eigenvalue weighted by molar-refractivity contribution is -0.160. The van der Waals surface area contributed by atoms with E-state index in [0.29, 0.717) is 13.0 Å². The molecule has 106 valence electrons. The van der Waals surface area contributed by atoms with Crippen molar-refractivity contribution in [2.75, 3.05) is 6.61 Å². The van der Waals surface area contributed by atoms with E-state index in [-0.39, 0.29) is 12.2 Å². The summed E-state index contributed by atoms with van der Waals surface area (Å²) in [6, 6.07) is 12.2. The highest BCUT2D eigenvalue weighted by Crippen LogP contribution is 2.31. The second-order valence-corrected chi connectivity index (χ2v) is 5.95. The van der Waals surface area contributed by atoms with Crippen LogP contribution in [0.3, 0.4) is 0 Å². The van der Waals surface area contributed by atoms with E-state index in [0.717, 1.165) is 15.6 Å². The summed E-state index contributed by atoms with van der Waals surface area (Å²) >= 11 is 3.47. The standard InChI is InChI=1S/C16H17BrO3/c1-2-19-16-14(18)9-15(16)20-13-6-4-10-7-12(17)5-3-11(10)8-13/h3-8,14-16,18H,2,9H2,1H3. The third-order valence-electron chi connectivity index (χ3n) is 3.64. The molecule has 3 rings (SSSR count). The molecule has 3 atom stereocenters. The van der Waals surface area contributed by atoms with Crippen molar-refractivity contribution in [1.82, 2.24) is 0 Å². The van der Waals surface area contributed by atoms with Gasteiger partial charge in [-0.15, -0.1) is 0 Å². The van der Waals surface area contributed by atoms with Crippen molar-refractivity contribution in [3.8, 4) is 5.75 Å². The first-order chi connectivity index (χ1) is 9.67. The van der Waals surface area contributed by atoms with Gasteiger partial charge in [-0.05, 0) is 42.0 Å². The predicted molar refractivity (Wildman–Crippen MR) is 82.1 cm³/mol. The molecule has 0 heterocycles. The highest BCUT2D eigenvalue weighted by atomic mass is 79.9. The minimum Gasteiger partial charge on any atom is -0.487 e. The van der Waals surface area contributed by atoms with Crippen molar-refractivity contribution in [2.45, 2.75) is 31.7 Å². The number of rotatable bonds is 4. The molecule has 0 radical (unpaired) electrons. The number of hydrogen-bond acceptors (Lipinski definition) is 3. The van der Waals surface area contributed by atoms with Gasteiger partial charge in [-0.3, -0.25) is 0 Å². The van der Waals surface area contributed by atoms with E-state index in [2.05, 4.69) is 28.1 Å². The van der Waals surface area contributed by atoms with Crippen LogP contribution < -0.4 is 4.74 Å². The molecule has 1 saturated carbocycles. The zero-order valence-electron chi connectivity index (χ0n) is 11.3. The van der Waals surface area contributed by atoms with Gasteiger partial charge >= 0.3 is 0 Å². The minimum atomic E-state index is -0.406. The first kappa shape index (κ1) is 13.9. The van der Waals surface area contributed by atoms with Crippen molar-refractivity contribution >= 4 is 26.7 Å². The molecule has 0 saturated heterocycles. The van der Waals surface area contributed by atoms with Crippen LogP contribution >= 0.6 is 15.9 Å². The lowest BCUT2D eigenvalue weighted by atomic mass is 9.88. The zero-order chi connectivity index (χ0) is 14.1. The highest BCUT2D eigenvalue weighted by Gasteiger charge is 2.42. The Hall–Kier alpha value is -1.10. The third kappa shape index (κ3) is 2.68. The first-order valence-corrected chi connectivity index (χ1v) is 7.62. The maximum Gasteiger partial charge on any atom is 0.130 e. The van der Waals surface area contributed by atoms with Crippen LogP contribution in [-0.4, -0.2) is 30.0 Å². The summed E-state index contributed by atoms with van der Waals surface area (Å²) in [5, 5.41) is 12.0. The predicted octanol–water partition coefficient (Wildman–Crippen LogP) is 3.52. The number of halogens is 1. The maximum absolute atomic E-state index is 9.68. The van der Waals surface area contributed by atoms with Crippen LogP contribution in [0.25, 0.3) is 10.8 Å². The fraction of sp³-hybridized carbons (Fsp3) is 0.375. The minimum absolute atomic E-state index is 0.0575. The highest BCUT2D eigenvalue weighted by molar-refractivity contribution is 9.10. The summed E-state index contributed by atoms with van der Waals surface area (Å²) < 4.78 is 12.5. The van der Waals surface area contributed by atoms with Crippen molar-refractivity contribution in [1.29, 1.82) is 0 Å². The molecule has 20 heavy (non-hydrogen) atoms. The van der Waals surface area contributed by atoms with E-state index >= 15 is 0 Å². The van der Waals surface area contributed by atoms with Crippen LogP contribution in [0.1, 0.15) is 13.3 Å². The Bertz CT molecular complexity index is 614. The van der Waals surface area contributed by atoms with Gasteiger partial charge in [0, 0.05) is 17.5 Å². The van der Waals surface area contributed by atoms with Gasteiger partial charge in [-0.2, -0.15) is 0 Å². The molecular formula is C16H17BrO3. The number of benzene rings is 2. The quantitative estimate of drug-likeness (QED) is 0.928. The molecule has 0 bridgehead atoms. The number of ether oxygens (including phenoxy) is 2. The molecular weight excluding hydrogens is 320 g/mol. The summed E-state index contributed by atoms with van der Waals surface area (Å²) in [5.41, 5.74) is 0.